The second kappa shape index (κ2) is 4.14. The molecule has 1 aliphatic heterocycles. The van der Waals surface area contributed by atoms with Gasteiger partial charge in [0, 0.05) is 5.41 Å². The van der Waals surface area contributed by atoms with Gasteiger partial charge in [-0.25, -0.2) is 16.8 Å². The van der Waals surface area contributed by atoms with Crippen LogP contribution in [0.15, 0.2) is 51.8 Å². The van der Waals surface area contributed by atoms with Gasteiger partial charge in [-0.15, -0.1) is 0 Å². The quantitative estimate of drug-likeness (QED) is 0.841. The number of allylic oxidation sites excluding steroid dienone is 1. The molecule has 8 heteroatoms. The van der Waals surface area contributed by atoms with Crippen LogP contribution in [0.1, 0.15) is 0 Å². The molecule has 0 saturated carbocycles. The molecule has 1 aliphatic rings. The van der Waals surface area contributed by atoms with Gasteiger partial charge in [-0.2, -0.15) is 0 Å². The van der Waals surface area contributed by atoms with Gasteiger partial charge in [-0.05, 0) is 18.2 Å². The third-order valence-electron chi connectivity index (χ3n) is 2.14. The second-order valence-electron chi connectivity index (χ2n) is 3.54. The number of aromatic hydroxyl groups is 1. The first kappa shape index (κ1) is 12.7. The number of sulfonamides is 1. The van der Waals surface area contributed by atoms with Gasteiger partial charge >= 0.3 is 0 Å². The second-order valence-corrected chi connectivity index (χ2v) is 6.87. The lowest BCUT2D eigenvalue weighted by Gasteiger charge is -2.08. The number of hydrogen-bond donors (Lipinski definition) is 2. The van der Waals surface area contributed by atoms with E-state index in [0.29, 0.717) is 0 Å². The maximum Gasteiger partial charge on any atom is 0.265 e. The van der Waals surface area contributed by atoms with Crippen molar-refractivity contribution in [3.8, 4) is 5.75 Å². The fourth-order valence-electron chi connectivity index (χ4n) is 1.38. The minimum absolute atomic E-state index is 0.0711. The highest BCUT2D eigenvalue weighted by Crippen LogP contribution is 2.22. The van der Waals surface area contributed by atoms with E-state index in [2.05, 4.69) is 4.72 Å². The Morgan fingerprint density at radius 1 is 1.17 bits per heavy atom. The van der Waals surface area contributed by atoms with Gasteiger partial charge in [0.25, 0.3) is 10.0 Å². The topological polar surface area (TPSA) is 101 Å². The molecule has 0 amide bonds. The third kappa shape index (κ3) is 2.54. The highest BCUT2D eigenvalue weighted by Gasteiger charge is 2.21. The minimum Gasteiger partial charge on any atom is -0.507 e. The van der Waals surface area contributed by atoms with Crippen molar-refractivity contribution in [2.75, 3.05) is 0 Å². The van der Waals surface area contributed by atoms with Gasteiger partial charge in [0.2, 0.25) is 0 Å². The molecule has 18 heavy (non-hydrogen) atoms. The molecule has 0 fully saturated rings. The lowest BCUT2D eigenvalue weighted by molar-refractivity contribution is 0.458. The van der Waals surface area contributed by atoms with Crippen molar-refractivity contribution in [2.45, 2.75) is 4.90 Å². The van der Waals surface area contributed by atoms with Gasteiger partial charge in [0.1, 0.15) is 10.6 Å². The van der Waals surface area contributed by atoms with Crippen molar-refractivity contribution in [3.63, 3.8) is 0 Å². The molecule has 0 radical (unpaired) electrons. The van der Waals surface area contributed by atoms with Crippen LogP contribution in [-0.2, 0) is 19.9 Å². The summed E-state index contributed by atoms with van der Waals surface area (Å²) in [6.07, 6.45) is 1.13. The Kier molecular flexibility index (Phi) is 2.91. The molecule has 2 rings (SSSR count). The Labute approximate surface area is 104 Å². The predicted octanol–water partition coefficient (Wildman–Crippen LogP) is 0.454. The molecule has 1 aromatic carbocycles. The van der Waals surface area contributed by atoms with Gasteiger partial charge < -0.3 is 5.11 Å². The van der Waals surface area contributed by atoms with Crippen molar-refractivity contribution in [1.82, 2.24) is 4.72 Å². The summed E-state index contributed by atoms with van der Waals surface area (Å²) in [7, 11) is -7.50. The number of phenolic OH excluding ortho intramolecular Hbond substituents is 1. The van der Waals surface area contributed by atoms with Crippen LogP contribution in [0.2, 0.25) is 0 Å². The van der Waals surface area contributed by atoms with E-state index in [0.717, 1.165) is 16.9 Å². The van der Waals surface area contributed by atoms with Crippen molar-refractivity contribution >= 4 is 19.9 Å². The largest absolute Gasteiger partial charge is 0.507 e. The number of benzene rings is 1. The van der Waals surface area contributed by atoms with Crippen molar-refractivity contribution in [3.05, 3.63) is 46.9 Å². The Morgan fingerprint density at radius 2 is 1.83 bits per heavy atom. The smallest absolute Gasteiger partial charge is 0.265 e. The van der Waals surface area contributed by atoms with Gasteiger partial charge in [-0.3, -0.25) is 4.72 Å². The van der Waals surface area contributed by atoms with Gasteiger partial charge in [0.05, 0.1) is 11.1 Å². The summed E-state index contributed by atoms with van der Waals surface area (Å²) in [5.41, 5.74) is -0.0711. The molecule has 6 nitrogen and oxygen atoms in total. The zero-order chi connectivity index (χ0) is 13.4. The van der Waals surface area contributed by atoms with E-state index in [9.17, 15) is 21.9 Å². The molecule has 1 heterocycles. The summed E-state index contributed by atoms with van der Waals surface area (Å²) in [5, 5.41) is 11.1. The van der Waals surface area contributed by atoms with Crippen LogP contribution in [0.4, 0.5) is 0 Å². The maximum atomic E-state index is 11.9. The van der Waals surface area contributed by atoms with E-state index in [1.165, 1.54) is 24.3 Å². The summed E-state index contributed by atoms with van der Waals surface area (Å²) in [6, 6.07) is 5.37. The van der Waals surface area contributed by atoms with E-state index in [1.807, 2.05) is 0 Å². The summed E-state index contributed by atoms with van der Waals surface area (Å²) in [4.78, 5) is -0.316. The maximum absolute atomic E-state index is 11.9. The number of hydrogen-bond acceptors (Lipinski definition) is 5. The molecule has 0 aliphatic carbocycles. The van der Waals surface area contributed by atoms with Crippen molar-refractivity contribution in [2.24, 2.45) is 0 Å². The first-order chi connectivity index (χ1) is 8.30. The van der Waals surface area contributed by atoms with Crippen molar-refractivity contribution < 1.29 is 21.9 Å². The van der Waals surface area contributed by atoms with Crippen LogP contribution >= 0.6 is 0 Å². The summed E-state index contributed by atoms with van der Waals surface area (Å²) in [5.74, 6) is -0.407. The van der Waals surface area contributed by atoms with Crippen LogP contribution in [0.3, 0.4) is 0 Å². The molecule has 0 saturated heterocycles. The molecule has 0 unspecified atom stereocenters. The molecule has 0 atom stereocenters. The Bertz CT molecular complexity index is 744. The van der Waals surface area contributed by atoms with Crippen LogP contribution in [0, 0.1) is 0 Å². The highest BCUT2D eigenvalue weighted by molar-refractivity contribution is 7.97. The van der Waals surface area contributed by atoms with Gasteiger partial charge in [-0.1, -0.05) is 12.1 Å². The Balaban J connectivity index is 2.36. The zero-order valence-corrected chi connectivity index (χ0v) is 10.6. The lowest BCUT2D eigenvalue weighted by atomic mass is 10.3. The van der Waals surface area contributed by atoms with E-state index < -0.39 is 25.6 Å². The fraction of sp³-hybridized carbons (Fsp3) is 0. The highest BCUT2D eigenvalue weighted by atomic mass is 32.2. The summed E-state index contributed by atoms with van der Waals surface area (Å²) >= 11 is 0. The molecule has 0 aromatic heterocycles. The first-order valence-corrected chi connectivity index (χ1v) is 7.85. The van der Waals surface area contributed by atoms with E-state index in [-0.39, 0.29) is 10.6 Å². The minimum atomic E-state index is -4.01. The summed E-state index contributed by atoms with van der Waals surface area (Å²) < 4.78 is 48.0. The molecule has 2 N–H and O–H groups in total. The van der Waals surface area contributed by atoms with E-state index >= 15 is 0 Å². The molecule has 0 bridgehead atoms. The molecular formula is C10H9NO5S2. The normalized spacial score (nSPS) is 17.4. The Hall–Kier alpha value is -1.80. The average Bonchev–Trinajstić information content (AvgIpc) is 2.57. The van der Waals surface area contributed by atoms with Gasteiger partial charge in [0.15, 0.2) is 9.84 Å². The fourth-order valence-corrected chi connectivity index (χ4v) is 3.51. The monoisotopic (exact) mass is 287 g/mol. The van der Waals surface area contributed by atoms with E-state index in [4.69, 9.17) is 0 Å². The molecule has 1 aromatic rings. The molecule has 96 valence electrons. The lowest BCUT2D eigenvalue weighted by Crippen LogP contribution is -2.22. The van der Waals surface area contributed by atoms with Crippen LogP contribution < -0.4 is 4.72 Å². The van der Waals surface area contributed by atoms with Crippen LogP contribution in [0.25, 0.3) is 0 Å². The predicted molar refractivity (Wildman–Crippen MR) is 64.6 cm³/mol. The average molecular weight is 287 g/mol. The standard InChI is InChI=1S/C10H9NO5S2/c12-9-3-1-2-4-10(9)18(15,16)11-8-5-6-17(13,14)7-8/h1-7,11-12H. The molecule has 0 spiro atoms. The number of nitrogens with one attached hydrogen (secondary N) is 1. The number of phenols is 1. The SMILES string of the molecule is O=S1(=O)C=CC(NS(=O)(=O)c2ccccc2O)=C1. The van der Waals surface area contributed by atoms with E-state index in [1.54, 1.807) is 0 Å². The first-order valence-electron chi connectivity index (χ1n) is 4.76. The zero-order valence-electron chi connectivity index (χ0n) is 8.94. The van der Waals surface area contributed by atoms with Crippen LogP contribution in [-0.4, -0.2) is 21.9 Å². The van der Waals surface area contributed by atoms with Crippen LogP contribution in [0.5, 0.6) is 5.75 Å². The van der Waals surface area contributed by atoms with Crippen molar-refractivity contribution in [1.29, 1.82) is 0 Å². The summed E-state index contributed by atoms with van der Waals surface area (Å²) in [6.45, 7) is 0. The molecular weight excluding hydrogens is 278 g/mol. The third-order valence-corrected chi connectivity index (χ3v) is 4.66. The number of sulfone groups is 1. The number of rotatable bonds is 3. The number of para-hydroxylation sites is 1. The Morgan fingerprint density at radius 3 is 2.39 bits per heavy atom.